The van der Waals surface area contributed by atoms with Gasteiger partial charge in [0.15, 0.2) is 0 Å². The highest BCUT2D eigenvalue weighted by Crippen LogP contribution is 2.24. The first kappa shape index (κ1) is 16.3. The summed E-state index contributed by atoms with van der Waals surface area (Å²) in [4.78, 5) is 22.7. The number of carbonyl (C=O) groups excluding carboxylic acids is 1. The Labute approximate surface area is 129 Å². The number of anilines is 1. The molecule has 1 saturated heterocycles. The number of aliphatic carboxylic acids is 1. The fourth-order valence-electron chi connectivity index (χ4n) is 2.35. The average Bonchev–Trinajstić information content (AvgIpc) is 2.77. The lowest BCUT2D eigenvalue weighted by atomic mass is 10.1. The Kier molecular flexibility index (Phi) is 4.70. The molecule has 2 rings (SSSR count). The second-order valence-corrected chi connectivity index (χ2v) is 7.28. The van der Waals surface area contributed by atoms with Crippen LogP contribution in [0.15, 0.2) is 24.3 Å². The van der Waals surface area contributed by atoms with Gasteiger partial charge >= 0.3 is 5.97 Å². The van der Waals surface area contributed by atoms with Crippen molar-refractivity contribution in [3.8, 4) is 0 Å². The Bertz CT molecular complexity index is 686. The predicted molar refractivity (Wildman–Crippen MR) is 81.4 cm³/mol. The van der Waals surface area contributed by atoms with Crippen LogP contribution < -0.4 is 9.62 Å². The third-order valence-corrected chi connectivity index (χ3v) is 5.22. The molecule has 1 fully saturated rings. The molecule has 0 aromatic heterocycles. The van der Waals surface area contributed by atoms with Crippen LogP contribution in [0.1, 0.15) is 30.1 Å². The summed E-state index contributed by atoms with van der Waals surface area (Å²) < 4.78 is 25.1. The summed E-state index contributed by atoms with van der Waals surface area (Å²) in [5, 5.41) is 11.3. The van der Waals surface area contributed by atoms with E-state index >= 15 is 0 Å². The van der Waals surface area contributed by atoms with Gasteiger partial charge in [0, 0.05) is 18.2 Å². The number of rotatable bonds is 5. The average molecular weight is 326 g/mol. The molecule has 7 nitrogen and oxygen atoms in total. The maximum Gasteiger partial charge on any atom is 0.305 e. The molecule has 0 spiro atoms. The number of benzene rings is 1. The zero-order valence-electron chi connectivity index (χ0n) is 12.2. The molecule has 1 atom stereocenters. The number of amides is 1. The molecule has 1 aliphatic rings. The lowest BCUT2D eigenvalue weighted by Crippen LogP contribution is -2.34. The third-order valence-electron chi connectivity index (χ3n) is 3.35. The van der Waals surface area contributed by atoms with Crippen molar-refractivity contribution < 1.29 is 23.1 Å². The normalized spacial score (nSPS) is 18.0. The zero-order valence-corrected chi connectivity index (χ0v) is 13.0. The van der Waals surface area contributed by atoms with E-state index < -0.39 is 27.9 Å². The Morgan fingerprint density at radius 1 is 1.41 bits per heavy atom. The molecule has 1 aliphatic heterocycles. The van der Waals surface area contributed by atoms with Gasteiger partial charge in [0.25, 0.3) is 5.91 Å². The summed E-state index contributed by atoms with van der Waals surface area (Å²) in [7, 11) is -3.30. The first-order valence-corrected chi connectivity index (χ1v) is 8.53. The van der Waals surface area contributed by atoms with Crippen molar-refractivity contribution in [3.63, 3.8) is 0 Å². The topological polar surface area (TPSA) is 104 Å². The predicted octanol–water partition coefficient (Wildman–Crippen LogP) is 0.819. The van der Waals surface area contributed by atoms with E-state index in [1.807, 2.05) is 0 Å². The molecule has 0 aliphatic carbocycles. The molecule has 0 bridgehead atoms. The maximum absolute atomic E-state index is 12.1. The van der Waals surface area contributed by atoms with E-state index in [1.54, 1.807) is 25.1 Å². The van der Waals surface area contributed by atoms with Crippen LogP contribution in [0.2, 0.25) is 0 Å². The first-order valence-electron chi connectivity index (χ1n) is 6.93. The van der Waals surface area contributed by atoms with E-state index in [4.69, 9.17) is 5.11 Å². The molecule has 1 amide bonds. The summed E-state index contributed by atoms with van der Waals surface area (Å²) in [5.41, 5.74) is 0.757. The molecule has 0 saturated carbocycles. The van der Waals surface area contributed by atoms with Gasteiger partial charge in [0.05, 0.1) is 17.9 Å². The SMILES string of the molecule is CC(CC(=O)O)NC(=O)c1cccc(N2CCCS2(=O)=O)c1. The molecule has 1 heterocycles. The second kappa shape index (κ2) is 6.35. The summed E-state index contributed by atoms with van der Waals surface area (Å²) in [6.45, 7) is 2.00. The number of hydrogen-bond donors (Lipinski definition) is 2. The molecule has 1 aromatic rings. The van der Waals surface area contributed by atoms with Gasteiger partial charge < -0.3 is 10.4 Å². The Morgan fingerprint density at radius 3 is 2.73 bits per heavy atom. The van der Waals surface area contributed by atoms with Crippen molar-refractivity contribution in [2.24, 2.45) is 0 Å². The first-order chi connectivity index (χ1) is 10.3. The van der Waals surface area contributed by atoms with Gasteiger partial charge in [-0.25, -0.2) is 8.42 Å². The van der Waals surface area contributed by atoms with E-state index in [0.29, 0.717) is 24.2 Å². The quantitative estimate of drug-likeness (QED) is 0.833. The number of nitrogens with one attached hydrogen (secondary N) is 1. The van der Waals surface area contributed by atoms with Crippen LogP contribution in [0, 0.1) is 0 Å². The maximum atomic E-state index is 12.1. The number of nitrogens with zero attached hydrogens (tertiary/aromatic N) is 1. The lowest BCUT2D eigenvalue weighted by molar-refractivity contribution is -0.137. The molecule has 1 aromatic carbocycles. The van der Waals surface area contributed by atoms with Gasteiger partial charge in [0.2, 0.25) is 10.0 Å². The Hall–Kier alpha value is -2.09. The molecule has 22 heavy (non-hydrogen) atoms. The van der Waals surface area contributed by atoms with Crippen molar-refractivity contribution in [1.29, 1.82) is 0 Å². The highest BCUT2D eigenvalue weighted by molar-refractivity contribution is 7.93. The molecule has 1 unspecified atom stereocenters. The Balaban J connectivity index is 2.15. The van der Waals surface area contributed by atoms with Crippen LogP contribution in [0.5, 0.6) is 0 Å². The van der Waals surface area contributed by atoms with Crippen LogP contribution in [0.3, 0.4) is 0 Å². The highest BCUT2D eigenvalue weighted by Gasteiger charge is 2.28. The smallest absolute Gasteiger partial charge is 0.305 e. The minimum Gasteiger partial charge on any atom is -0.481 e. The van der Waals surface area contributed by atoms with Gasteiger partial charge in [-0.1, -0.05) is 6.07 Å². The van der Waals surface area contributed by atoms with Crippen LogP contribution >= 0.6 is 0 Å². The van der Waals surface area contributed by atoms with Gasteiger partial charge in [-0.3, -0.25) is 13.9 Å². The van der Waals surface area contributed by atoms with E-state index in [0.717, 1.165) is 0 Å². The zero-order chi connectivity index (χ0) is 16.3. The van der Waals surface area contributed by atoms with Gasteiger partial charge in [0.1, 0.15) is 0 Å². The molecule has 2 N–H and O–H groups in total. The van der Waals surface area contributed by atoms with E-state index in [9.17, 15) is 18.0 Å². The van der Waals surface area contributed by atoms with Crippen molar-refractivity contribution in [2.75, 3.05) is 16.6 Å². The fraction of sp³-hybridized carbons (Fsp3) is 0.429. The number of sulfonamides is 1. The summed E-state index contributed by atoms with van der Waals surface area (Å²) >= 11 is 0. The van der Waals surface area contributed by atoms with E-state index in [-0.39, 0.29) is 12.2 Å². The Morgan fingerprint density at radius 2 is 2.14 bits per heavy atom. The largest absolute Gasteiger partial charge is 0.481 e. The van der Waals surface area contributed by atoms with Crippen LogP contribution in [0.4, 0.5) is 5.69 Å². The van der Waals surface area contributed by atoms with Gasteiger partial charge in [-0.15, -0.1) is 0 Å². The molecule has 120 valence electrons. The van der Waals surface area contributed by atoms with Crippen LogP contribution in [0.25, 0.3) is 0 Å². The van der Waals surface area contributed by atoms with E-state index in [2.05, 4.69) is 5.32 Å². The second-order valence-electron chi connectivity index (χ2n) is 5.26. The number of carboxylic acids is 1. The molecule has 0 radical (unpaired) electrons. The van der Waals surface area contributed by atoms with Gasteiger partial charge in [-0.2, -0.15) is 0 Å². The number of carbonyl (C=O) groups is 2. The van der Waals surface area contributed by atoms with Crippen molar-refractivity contribution in [1.82, 2.24) is 5.32 Å². The fourth-order valence-corrected chi connectivity index (χ4v) is 3.91. The van der Waals surface area contributed by atoms with Crippen LogP contribution in [-0.4, -0.2) is 43.7 Å². The molecular weight excluding hydrogens is 308 g/mol. The minimum atomic E-state index is -3.30. The van der Waals surface area contributed by atoms with Crippen molar-refractivity contribution in [3.05, 3.63) is 29.8 Å². The van der Waals surface area contributed by atoms with Gasteiger partial charge in [-0.05, 0) is 31.5 Å². The summed E-state index contributed by atoms with van der Waals surface area (Å²) in [5.74, 6) is -1.31. The van der Waals surface area contributed by atoms with E-state index in [1.165, 1.54) is 10.4 Å². The van der Waals surface area contributed by atoms with Crippen LogP contribution in [-0.2, 0) is 14.8 Å². The number of hydrogen-bond acceptors (Lipinski definition) is 4. The summed E-state index contributed by atoms with van der Waals surface area (Å²) in [6.07, 6.45) is 0.389. The number of carboxylic acid groups (broad SMARTS) is 1. The standard InChI is InChI=1S/C14H18N2O5S/c1-10(8-13(17)18)15-14(19)11-4-2-5-12(9-11)16-6-3-7-22(16,20)21/h2,4-5,9-10H,3,6-8H2,1H3,(H,15,19)(H,17,18). The molecular formula is C14H18N2O5S. The van der Waals surface area contributed by atoms with Crippen molar-refractivity contribution in [2.45, 2.75) is 25.8 Å². The molecule has 8 heteroatoms. The monoisotopic (exact) mass is 326 g/mol. The minimum absolute atomic E-state index is 0.110. The lowest BCUT2D eigenvalue weighted by Gasteiger charge is -2.18. The highest BCUT2D eigenvalue weighted by atomic mass is 32.2. The van der Waals surface area contributed by atoms with Crippen molar-refractivity contribution >= 4 is 27.6 Å². The summed E-state index contributed by atoms with van der Waals surface area (Å²) in [6, 6.07) is 5.81. The third kappa shape index (κ3) is 3.76.